The molecule has 146 valence electrons. The average molecular weight is 384 g/mol. The molecule has 0 saturated carbocycles. The van der Waals surface area contributed by atoms with Gasteiger partial charge < -0.3 is 15.0 Å². The highest BCUT2D eigenvalue weighted by atomic mass is 19.1. The summed E-state index contributed by atoms with van der Waals surface area (Å²) in [6.45, 7) is 1.79. The van der Waals surface area contributed by atoms with Crippen molar-refractivity contribution in [3.63, 3.8) is 0 Å². The lowest BCUT2D eigenvalue weighted by atomic mass is 10.0. The number of benzene rings is 1. The van der Waals surface area contributed by atoms with Crippen molar-refractivity contribution in [1.82, 2.24) is 5.32 Å². The number of ether oxygens (including phenoxy) is 1. The fraction of sp³-hybridized carbons (Fsp3) is 0.421. The molecule has 1 N–H and O–H groups in total. The molecule has 2 heterocycles. The number of rotatable bonds is 5. The Morgan fingerprint density at radius 1 is 1.43 bits per heavy atom. The molecule has 2 saturated heterocycles. The third-order valence-corrected chi connectivity index (χ3v) is 4.98. The van der Waals surface area contributed by atoms with E-state index < -0.39 is 18.0 Å². The zero-order valence-corrected chi connectivity index (χ0v) is 15.8. The zero-order valence-electron chi connectivity index (χ0n) is 15.8. The number of anilines is 2. The van der Waals surface area contributed by atoms with E-state index in [-0.39, 0.29) is 19.0 Å². The van der Waals surface area contributed by atoms with Gasteiger partial charge in [-0.3, -0.25) is 9.69 Å². The second kappa shape index (κ2) is 8.78. The molecule has 2 fully saturated rings. The molecular weight excluding hydrogens is 362 g/mol. The van der Waals surface area contributed by atoms with E-state index >= 15 is 0 Å². The van der Waals surface area contributed by atoms with E-state index in [2.05, 4.69) is 5.32 Å². The van der Waals surface area contributed by atoms with Crippen molar-refractivity contribution in [3.8, 4) is 6.07 Å². The zero-order chi connectivity index (χ0) is 20.1. The number of nitrogens with one attached hydrogen (secondary N) is 1. The van der Waals surface area contributed by atoms with Crippen LogP contribution in [-0.4, -0.2) is 52.1 Å². The second-order valence-corrected chi connectivity index (χ2v) is 6.83. The van der Waals surface area contributed by atoms with E-state index in [1.54, 1.807) is 26.1 Å². The maximum Gasteiger partial charge on any atom is 0.414 e. The SMILES string of the molecule is BCC(=O)NC[C@H]1CN(c2ccc(N3CCC(=CC#N)CC3)c(F)c2)C(=O)O1. The Hall–Kier alpha value is -3.02. The first-order valence-electron chi connectivity index (χ1n) is 9.38. The number of carbonyl (C=O) groups is 2. The number of amides is 2. The number of nitrogens with zero attached hydrogens (tertiary/aromatic N) is 3. The summed E-state index contributed by atoms with van der Waals surface area (Å²) in [5.74, 6) is -0.514. The first-order valence-corrected chi connectivity index (χ1v) is 9.38. The molecule has 2 aliphatic heterocycles. The fourth-order valence-electron chi connectivity index (χ4n) is 3.38. The third kappa shape index (κ3) is 4.45. The van der Waals surface area contributed by atoms with Crippen molar-refractivity contribution in [2.75, 3.05) is 36.0 Å². The lowest BCUT2D eigenvalue weighted by Gasteiger charge is -2.30. The predicted molar refractivity (Wildman–Crippen MR) is 106 cm³/mol. The van der Waals surface area contributed by atoms with Crippen LogP contribution in [0.15, 0.2) is 29.8 Å². The van der Waals surface area contributed by atoms with Crippen LogP contribution in [0.25, 0.3) is 0 Å². The molecule has 28 heavy (non-hydrogen) atoms. The smallest absolute Gasteiger partial charge is 0.414 e. The van der Waals surface area contributed by atoms with Crippen LogP contribution < -0.4 is 15.1 Å². The predicted octanol–water partition coefficient (Wildman–Crippen LogP) is 1.37. The minimum absolute atomic E-state index is 0.112. The topological polar surface area (TPSA) is 85.7 Å². The van der Waals surface area contributed by atoms with Crippen LogP contribution in [0, 0.1) is 17.1 Å². The molecule has 0 unspecified atom stereocenters. The summed E-state index contributed by atoms with van der Waals surface area (Å²) in [5.41, 5.74) is 1.99. The van der Waals surface area contributed by atoms with Crippen LogP contribution in [0.1, 0.15) is 12.8 Å². The van der Waals surface area contributed by atoms with Crippen LogP contribution in [-0.2, 0) is 9.53 Å². The summed E-state index contributed by atoms with van der Waals surface area (Å²) in [7, 11) is 1.75. The Balaban J connectivity index is 1.64. The van der Waals surface area contributed by atoms with Gasteiger partial charge in [-0.05, 0) is 37.4 Å². The summed E-state index contributed by atoms with van der Waals surface area (Å²) in [6, 6.07) is 6.75. The molecular formula is C19H22BFN4O3. The number of piperidine rings is 1. The molecule has 3 rings (SSSR count). The van der Waals surface area contributed by atoms with Gasteiger partial charge in [0.2, 0.25) is 5.91 Å². The highest BCUT2D eigenvalue weighted by molar-refractivity contribution is 6.19. The maximum atomic E-state index is 14.7. The number of allylic oxidation sites excluding steroid dienone is 1. The monoisotopic (exact) mass is 384 g/mol. The molecule has 0 radical (unpaired) electrons. The van der Waals surface area contributed by atoms with Crippen LogP contribution in [0.4, 0.5) is 20.6 Å². The van der Waals surface area contributed by atoms with E-state index in [0.29, 0.717) is 30.8 Å². The number of nitriles is 1. The van der Waals surface area contributed by atoms with Gasteiger partial charge in [-0.1, -0.05) is 5.57 Å². The van der Waals surface area contributed by atoms with Crippen molar-refractivity contribution in [3.05, 3.63) is 35.7 Å². The first-order chi connectivity index (χ1) is 13.5. The molecule has 1 atom stereocenters. The second-order valence-electron chi connectivity index (χ2n) is 6.83. The van der Waals surface area contributed by atoms with Gasteiger partial charge in [-0.25, -0.2) is 9.18 Å². The Morgan fingerprint density at radius 2 is 2.18 bits per heavy atom. The molecule has 0 spiro atoms. The Morgan fingerprint density at radius 3 is 2.82 bits per heavy atom. The Bertz CT molecular complexity index is 829. The van der Waals surface area contributed by atoms with Crippen LogP contribution in [0.5, 0.6) is 0 Å². The summed E-state index contributed by atoms with van der Waals surface area (Å²) in [6.07, 6.45) is 2.39. The minimum Gasteiger partial charge on any atom is -0.442 e. The van der Waals surface area contributed by atoms with Gasteiger partial charge in [0, 0.05) is 19.2 Å². The van der Waals surface area contributed by atoms with Crippen molar-refractivity contribution >= 4 is 31.2 Å². The summed E-state index contributed by atoms with van der Waals surface area (Å²) >= 11 is 0. The number of cyclic esters (lactones) is 1. The molecule has 7 nitrogen and oxygen atoms in total. The largest absolute Gasteiger partial charge is 0.442 e. The number of hydrogen-bond donors (Lipinski definition) is 1. The van der Waals surface area contributed by atoms with E-state index in [0.717, 1.165) is 18.4 Å². The van der Waals surface area contributed by atoms with Crippen LogP contribution >= 0.6 is 0 Å². The molecule has 1 aromatic carbocycles. The summed E-state index contributed by atoms with van der Waals surface area (Å²) in [5, 5.41) is 11.4. The van der Waals surface area contributed by atoms with Gasteiger partial charge in [0.1, 0.15) is 19.8 Å². The van der Waals surface area contributed by atoms with Gasteiger partial charge in [0.05, 0.1) is 30.5 Å². The summed E-state index contributed by atoms with van der Waals surface area (Å²) in [4.78, 5) is 26.8. The van der Waals surface area contributed by atoms with Crippen LogP contribution in [0.2, 0.25) is 6.32 Å². The van der Waals surface area contributed by atoms with Gasteiger partial charge >= 0.3 is 6.09 Å². The van der Waals surface area contributed by atoms with Crippen molar-refractivity contribution in [2.45, 2.75) is 25.3 Å². The average Bonchev–Trinajstić information content (AvgIpc) is 3.07. The number of hydrogen-bond acceptors (Lipinski definition) is 5. The molecule has 2 aliphatic rings. The standard InChI is InChI=1S/C19H22BFN4O3/c20-10-18(26)23-11-15-12-25(19(27)28-15)14-1-2-17(16(21)9-14)24-7-4-13(3-6-22)5-8-24/h1-3,9,15H,4-5,7-8,10-12,20H2,(H,23,26)/t15-/m0/s1. The van der Waals surface area contributed by atoms with E-state index in [1.165, 1.54) is 11.0 Å². The molecule has 0 bridgehead atoms. The lowest BCUT2D eigenvalue weighted by molar-refractivity contribution is -0.119. The van der Waals surface area contributed by atoms with E-state index in [4.69, 9.17) is 10.00 Å². The maximum absolute atomic E-state index is 14.7. The summed E-state index contributed by atoms with van der Waals surface area (Å²) < 4.78 is 20.0. The molecule has 0 aliphatic carbocycles. The molecule has 2 amide bonds. The first kappa shape index (κ1) is 19.7. The van der Waals surface area contributed by atoms with Gasteiger partial charge in [-0.15, -0.1) is 0 Å². The Labute approximate surface area is 164 Å². The van der Waals surface area contributed by atoms with Crippen LogP contribution in [0.3, 0.4) is 0 Å². The van der Waals surface area contributed by atoms with Gasteiger partial charge in [0.25, 0.3) is 0 Å². The third-order valence-electron chi connectivity index (χ3n) is 4.98. The lowest BCUT2D eigenvalue weighted by Crippen LogP contribution is -2.34. The number of halogens is 1. The normalized spacial score (nSPS) is 19.2. The van der Waals surface area contributed by atoms with Gasteiger partial charge in [0.15, 0.2) is 0 Å². The quantitative estimate of drug-likeness (QED) is 0.612. The molecule has 9 heteroatoms. The van der Waals surface area contributed by atoms with E-state index in [1.807, 2.05) is 11.0 Å². The molecule has 0 aromatic heterocycles. The number of carbonyl (C=O) groups excluding carboxylic acids is 2. The highest BCUT2D eigenvalue weighted by Gasteiger charge is 2.33. The van der Waals surface area contributed by atoms with Crippen molar-refractivity contribution in [1.29, 1.82) is 5.26 Å². The van der Waals surface area contributed by atoms with Gasteiger partial charge in [-0.2, -0.15) is 5.26 Å². The molecule has 1 aromatic rings. The fourth-order valence-corrected chi connectivity index (χ4v) is 3.38. The van der Waals surface area contributed by atoms with Crippen molar-refractivity contribution in [2.24, 2.45) is 0 Å². The highest BCUT2D eigenvalue weighted by Crippen LogP contribution is 2.30. The van der Waals surface area contributed by atoms with E-state index in [9.17, 15) is 14.0 Å². The van der Waals surface area contributed by atoms with Crippen molar-refractivity contribution < 1.29 is 18.7 Å². The minimum atomic E-state index is -0.549. The Kier molecular flexibility index (Phi) is 6.19.